The lowest BCUT2D eigenvalue weighted by molar-refractivity contribution is -0.120. The molecule has 2 aromatic heterocycles. The van der Waals surface area contributed by atoms with Gasteiger partial charge in [-0.1, -0.05) is 24.7 Å². The van der Waals surface area contributed by atoms with E-state index in [2.05, 4.69) is 27.2 Å². The number of anilines is 2. The van der Waals surface area contributed by atoms with Crippen LogP contribution in [0.5, 0.6) is 11.5 Å². The standard InChI is InChI=1S/C22H27N5O4S/c1-4-5-15-12-19(28)27-21(23-15)32-22(25-27)26-10-8-14(9-11-26)20(29)24-17-7-6-16(30-2)13-18(17)31-3/h6-7,12-14H,4-5,8-11H2,1-3H3,(H,24,29). The van der Waals surface area contributed by atoms with E-state index in [0.717, 1.165) is 23.7 Å². The third kappa shape index (κ3) is 4.55. The number of nitrogens with zero attached hydrogens (tertiary/aromatic N) is 4. The molecule has 0 bridgehead atoms. The first-order valence-electron chi connectivity index (χ1n) is 10.7. The van der Waals surface area contributed by atoms with Crippen LogP contribution in [0, 0.1) is 5.92 Å². The van der Waals surface area contributed by atoms with Gasteiger partial charge in [0.25, 0.3) is 5.56 Å². The molecule has 0 spiro atoms. The number of benzene rings is 1. The maximum atomic E-state index is 12.8. The molecule has 0 atom stereocenters. The SMILES string of the molecule is CCCc1cc(=O)n2nc(N3CCC(C(=O)Nc4ccc(OC)cc4OC)CC3)sc2n1. The zero-order chi connectivity index (χ0) is 22.7. The Kier molecular flexibility index (Phi) is 6.59. The predicted molar refractivity (Wildman–Crippen MR) is 124 cm³/mol. The molecule has 3 aromatic rings. The zero-order valence-corrected chi connectivity index (χ0v) is 19.3. The molecule has 3 heterocycles. The maximum Gasteiger partial charge on any atom is 0.275 e. The molecule has 9 nitrogen and oxygen atoms in total. The molecule has 1 N–H and O–H groups in total. The van der Waals surface area contributed by atoms with Crippen molar-refractivity contribution >= 4 is 33.0 Å². The number of hydrogen-bond donors (Lipinski definition) is 1. The summed E-state index contributed by atoms with van der Waals surface area (Å²) in [7, 11) is 3.15. The summed E-state index contributed by atoms with van der Waals surface area (Å²) < 4.78 is 11.9. The predicted octanol–water partition coefficient (Wildman–Crippen LogP) is 2.98. The van der Waals surface area contributed by atoms with Gasteiger partial charge in [0, 0.05) is 36.8 Å². The summed E-state index contributed by atoms with van der Waals surface area (Å²) in [5.74, 6) is 1.09. The highest BCUT2D eigenvalue weighted by atomic mass is 32.1. The number of carbonyl (C=O) groups is 1. The lowest BCUT2D eigenvalue weighted by Gasteiger charge is -2.30. The Hall–Kier alpha value is -3.14. The van der Waals surface area contributed by atoms with Crippen LogP contribution in [0.1, 0.15) is 31.9 Å². The molecule has 1 aliphatic heterocycles. The monoisotopic (exact) mass is 457 g/mol. The topological polar surface area (TPSA) is 98.1 Å². The Bertz CT molecular complexity index is 1170. The fraction of sp³-hybridized carbons (Fsp3) is 0.455. The number of amides is 1. The summed E-state index contributed by atoms with van der Waals surface area (Å²) in [4.78, 5) is 32.5. The van der Waals surface area contributed by atoms with Gasteiger partial charge in [0.1, 0.15) is 11.5 Å². The highest BCUT2D eigenvalue weighted by Gasteiger charge is 2.27. The van der Waals surface area contributed by atoms with E-state index in [1.807, 2.05) is 0 Å². The second-order valence-electron chi connectivity index (χ2n) is 7.73. The molecule has 0 saturated carbocycles. The molecular formula is C22H27N5O4S. The number of fused-ring (bicyclic) bond motifs is 1. The number of methoxy groups -OCH3 is 2. The molecule has 10 heteroatoms. The van der Waals surface area contributed by atoms with Crippen molar-refractivity contribution in [1.29, 1.82) is 0 Å². The molecule has 170 valence electrons. The van der Waals surface area contributed by atoms with Gasteiger partial charge in [-0.2, -0.15) is 4.52 Å². The molecule has 1 aliphatic rings. The fourth-order valence-electron chi connectivity index (χ4n) is 3.83. The van der Waals surface area contributed by atoms with Gasteiger partial charge in [-0.05, 0) is 31.4 Å². The van der Waals surface area contributed by atoms with Crippen LogP contribution in [-0.2, 0) is 11.2 Å². The van der Waals surface area contributed by atoms with Crippen molar-refractivity contribution in [1.82, 2.24) is 14.6 Å². The zero-order valence-electron chi connectivity index (χ0n) is 18.5. The minimum atomic E-state index is -0.149. The molecule has 0 aliphatic carbocycles. The van der Waals surface area contributed by atoms with E-state index < -0.39 is 0 Å². The Morgan fingerprint density at radius 3 is 2.69 bits per heavy atom. The van der Waals surface area contributed by atoms with Crippen LogP contribution in [0.2, 0.25) is 0 Å². The van der Waals surface area contributed by atoms with Gasteiger partial charge < -0.3 is 19.7 Å². The minimum Gasteiger partial charge on any atom is -0.497 e. The second-order valence-corrected chi connectivity index (χ2v) is 8.67. The van der Waals surface area contributed by atoms with E-state index in [1.165, 1.54) is 15.9 Å². The van der Waals surface area contributed by atoms with E-state index in [1.54, 1.807) is 38.5 Å². The number of aryl methyl sites for hydroxylation is 1. The quantitative estimate of drug-likeness (QED) is 0.582. The van der Waals surface area contributed by atoms with Gasteiger partial charge in [-0.3, -0.25) is 9.59 Å². The van der Waals surface area contributed by atoms with Crippen molar-refractivity contribution in [3.8, 4) is 11.5 Å². The molecule has 32 heavy (non-hydrogen) atoms. The van der Waals surface area contributed by atoms with Gasteiger partial charge in [0.2, 0.25) is 16.0 Å². The van der Waals surface area contributed by atoms with Crippen LogP contribution in [0.25, 0.3) is 4.96 Å². The number of rotatable bonds is 7. The van der Waals surface area contributed by atoms with Crippen molar-refractivity contribution in [2.24, 2.45) is 5.92 Å². The number of aromatic nitrogens is 3. The smallest absolute Gasteiger partial charge is 0.275 e. The molecule has 1 saturated heterocycles. The van der Waals surface area contributed by atoms with E-state index in [0.29, 0.717) is 48.1 Å². The van der Waals surface area contributed by atoms with Gasteiger partial charge in [-0.15, -0.1) is 5.10 Å². The molecule has 1 aromatic carbocycles. The normalized spacial score (nSPS) is 14.5. The number of nitrogens with one attached hydrogen (secondary N) is 1. The summed E-state index contributed by atoms with van der Waals surface area (Å²) in [6.45, 7) is 3.44. The van der Waals surface area contributed by atoms with E-state index in [-0.39, 0.29) is 17.4 Å². The van der Waals surface area contributed by atoms with Crippen molar-refractivity contribution in [2.75, 3.05) is 37.5 Å². The largest absolute Gasteiger partial charge is 0.497 e. The van der Waals surface area contributed by atoms with Crippen LogP contribution < -0.4 is 25.2 Å². The third-order valence-electron chi connectivity index (χ3n) is 5.60. The number of carbonyl (C=O) groups excluding carboxylic acids is 1. The summed E-state index contributed by atoms with van der Waals surface area (Å²) >= 11 is 1.42. The first-order valence-corrected chi connectivity index (χ1v) is 11.5. The number of hydrogen-bond acceptors (Lipinski definition) is 8. The van der Waals surface area contributed by atoms with Crippen LogP contribution in [0.3, 0.4) is 0 Å². The molecule has 0 unspecified atom stereocenters. The van der Waals surface area contributed by atoms with Gasteiger partial charge >= 0.3 is 0 Å². The van der Waals surface area contributed by atoms with Gasteiger partial charge in [-0.25, -0.2) is 4.98 Å². The average Bonchev–Trinajstić information content (AvgIpc) is 3.24. The average molecular weight is 458 g/mol. The number of ether oxygens (including phenoxy) is 2. The van der Waals surface area contributed by atoms with Crippen molar-refractivity contribution in [3.63, 3.8) is 0 Å². The van der Waals surface area contributed by atoms with Crippen LogP contribution in [0.4, 0.5) is 10.8 Å². The van der Waals surface area contributed by atoms with Gasteiger partial charge in [0.15, 0.2) is 0 Å². The molecule has 4 rings (SSSR count). The fourth-order valence-corrected chi connectivity index (χ4v) is 4.81. The van der Waals surface area contributed by atoms with Crippen LogP contribution in [-0.4, -0.2) is 47.8 Å². The van der Waals surface area contributed by atoms with Crippen LogP contribution in [0.15, 0.2) is 29.1 Å². The highest BCUT2D eigenvalue weighted by molar-refractivity contribution is 7.20. The first kappa shape index (κ1) is 22.1. The van der Waals surface area contributed by atoms with Crippen molar-refractivity contribution in [2.45, 2.75) is 32.6 Å². The summed E-state index contributed by atoms with van der Waals surface area (Å²) in [5, 5.41) is 8.21. The van der Waals surface area contributed by atoms with E-state index in [9.17, 15) is 9.59 Å². The van der Waals surface area contributed by atoms with Gasteiger partial charge in [0.05, 0.1) is 19.9 Å². The first-order chi connectivity index (χ1) is 15.5. The Balaban J connectivity index is 1.41. The second kappa shape index (κ2) is 9.56. The molecular weight excluding hydrogens is 430 g/mol. The van der Waals surface area contributed by atoms with E-state index in [4.69, 9.17) is 9.47 Å². The lowest BCUT2D eigenvalue weighted by Crippen LogP contribution is -2.38. The summed E-state index contributed by atoms with van der Waals surface area (Å²) in [6, 6.07) is 6.87. The highest BCUT2D eigenvalue weighted by Crippen LogP contribution is 2.31. The molecule has 1 amide bonds. The minimum absolute atomic E-state index is 0.0282. The Labute approximate surface area is 190 Å². The Morgan fingerprint density at radius 2 is 2.00 bits per heavy atom. The number of piperidine rings is 1. The maximum absolute atomic E-state index is 12.8. The van der Waals surface area contributed by atoms with Crippen molar-refractivity contribution < 1.29 is 14.3 Å². The molecule has 0 radical (unpaired) electrons. The summed E-state index contributed by atoms with van der Waals surface area (Å²) in [6.07, 6.45) is 3.11. The Morgan fingerprint density at radius 1 is 1.22 bits per heavy atom. The van der Waals surface area contributed by atoms with E-state index >= 15 is 0 Å². The molecule has 1 fully saturated rings. The van der Waals surface area contributed by atoms with Crippen LogP contribution >= 0.6 is 11.3 Å². The lowest BCUT2D eigenvalue weighted by atomic mass is 9.96. The van der Waals surface area contributed by atoms with Crippen molar-refractivity contribution in [3.05, 3.63) is 40.3 Å². The third-order valence-corrected chi connectivity index (χ3v) is 6.57. The summed E-state index contributed by atoms with van der Waals surface area (Å²) in [5.41, 5.74) is 1.28.